The third kappa shape index (κ3) is 4.34. The van der Waals surface area contributed by atoms with Crippen molar-refractivity contribution in [2.24, 2.45) is 0 Å². The van der Waals surface area contributed by atoms with Crippen LogP contribution >= 0.6 is 0 Å². The van der Waals surface area contributed by atoms with Crippen LogP contribution in [-0.4, -0.2) is 40.1 Å². The molecule has 24 heavy (non-hydrogen) atoms. The highest BCUT2D eigenvalue weighted by Crippen LogP contribution is 2.22. The van der Waals surface area contributed by atoms with Crippen LogP contribution in [0, 0.1) is 5.82 Å². The molecule has 0 bridgehead atoms. The highest BCUT2D eigenvalue weighted by Gasteiger charge is 2.23. The molecule has 0 unspecified atom stereocenters. The molecule has 6 heteroatoms. The number of imidazole rings is 1. The van der Waals surface area contributed by atoms with Crippen molar-refractivity contribution >= 4 is 5.91 Å². The maximum Gasteiger partial charge on any atom is 0.222 e. The average molecular weight is 331 g/mol. The summed E-state index contributed by atoms with van der Waals surface area (Å²) in [5.41, 5.74) is 0. The molecule has 2 aromatic rings. The zero-order valence-electron chi connectivity index (χ0n) is 13.6. The summed E-state index contributed by atoms with van der Waals surface area (Å²) in [6.07, 6.45) is 8.62. The van der Waals surface area contributed by atoms with Gasteiger partial charge in [0.2, 0.25) is 5.91 Å². The van der Waals surface area contributed by atoms with E-state index >= 15 is 0 Å². The molecule has 0 saturated carbocycles. The number of hydrogen-bond acceptors (Lipinski definition) is 3. The molecule has 3 rings (SSSR count). The predicted molar refractivity (Wildman–Crippen MR) is 88.2 cm³/mol. The van der Waals surface area contributed by atoms with E-state index in [1.54, 1.807) is 18.3 Å². The number of hydrogen-bond donors (Lipinski definition) is 0. The number of ether oxygens (including phenoxy) is 1. The van der Waals surface area contributed by atoms with E-state index in [1.165, 1.54) is 12.1 Å². The smallest absolute Gasteiger partial charge is 0.222 e. The van der Waals surface area contributed by atoms with Gasteiger partial charge in [0.25, 0.3) is 0 Å². The van der Waals surface area contributed by atoms with Gasteiger partial charge in [0.1, 0.15) is 11.6 Å². The first-order chi connectivity index (χ1) is 11.7. The van der Waals surface area contributed by atoms with Crippen LogP contribution in [0.25, 0.3) is 0 Å². The molecule has 1 aliphatic rings. The van der Waals surface area contributed by atoms with Gasteiger partial charge in [0.15, 0.2) is 0 Å². The Morgan fingerprint density at radius 2 is 2.17 bits per heavy atom. The van der Waals surface area contributed by atoms with E-state index in [0.717, 1.165) is 25.9 Å². The van der Waals surface area contributed by atoms with Gasteiger partial charge in [-0.3, -0.25) is 4.79 Å². The van der Waals surface area contributed by atoms with E-state index in [2.05, 4.69) is 9.55 Å². The van der Waals surface area contributed by atoms with E-state index < -0.39 is 0 Å². The number of benzene rings is 1. The second kappa shape index (κ2) is 7.95. The van der Waals surface area contributed by atoms with Crippen molar-refractivity contribution in [3.05, 3.63) is 48.8 Å². The van der Waals surface area contributed by atoms with Crippen LogP contribution in [0.1, 0.15) is 31.7 Å². The Morgan fingerprint density at radius 3 is 2.88 bits per heavy atom. The summed E-state index contributed by atoms with van der Waals surface area (Å²) in [6.45, 7) is 1.99. The van der Waals surface area contributed by atoms with Crippen molar-refractivity contribution in [2.75, 3.05) is 19.7 Å². The minimum atomic E-state index is -0.315. The maximum atomic E-state index is 13.0. The van der Waals surface area contributed by atoms with Crippen LogP contribution in [-0.2, 0) is 4.79 Å². The lowest BCUT2D eigenvalue weighted by atomic mass is 10.0. The van der Waals surface area contributed by atoms with Crippen molar-refractivity contribution in [3.63, 3.8) is 0 Å². The summed E-state index contributed by atoms with van der Waals surface area (Å²) in [6, 6.07) is 6.49. The van der Waals surface area contributed by atoms with E-state index in [-0.39, 0.29) is 11.7 Å². The number of aromatic nitrogens is 2. The fraction of sp³-hybridized carbons (Fsp3) is 0.444. The summed E-state index contributed by atoms with van der Waals surface area (Å²) >= 11 is 0. The van der Waals surface area contributed by atoms with Crippen LogP contribution in [0.4, 0.5) is 4.39 Å². The Hall–Kier alpha value is -2.37. The number of rotatable bonds is 6. The molecule has 1 aromatic heterocycles. The average Bonchev–Trinajstić information content (AvgIpc) is 3.13. The van der Waals surface area contributed by atoms with Gasteiger partial charge in [-0.1, -0.05) is 6.07 Å². The number of carbonyl (C=O) groups excluding carboxylic acids is 1. The predicted octanol–water partition coefficient (Wildman–Crippen LogP) is 3.04. The summed E-state index contributed by atoms with van der Waals surface area (Å²) in [5, 5.41) is 0. The molecule has 0 aliphatic carbocycles. The normalized spacial score (nSPS) is 15.5. The topological polar surface area (TPSA) is 47.4 Å². The van der Waals surface area contributed by atoms with Crippen molar-refractivity contribution in [1.82, 2.24) is 14.5 Å². The van der Waals surface area contributed by atoms with Crippen molar-refractivity contribution < 1.29 is 13.9 Å². The van der Waals surface area contributed by atoms with Gasteiger partial charge < -0.3 is 14.2 Å². The fourth-order valence-corrected chi connectivity index (χ4v) is 3.03. The molecule has 2 heterocycles. The van der Waals surface area contributed by atoms with Gasteiger partial charge in [-0.15, -0.1) is 0 Å². The van der Waals surface area contributed by atoms with Gasteiger partial charge in [0.05, 0.1) is 12.9 Å². The molecular formula is C18H22FN3O2. The Balaban J connectivity index is 1.35. The highest BCUT2D eigenvalue weighted by atomic mass is 19.1. The SMILES string of the molecule is O=C(CCCOc1cccc(F)c1)N1CCC(n2ccnc2)CC1. The minimum absolute atomic E-state index is 0.168. The molecule has 0 spiro atoms. The zero-order valence-corrected chi connectivity index (χ0v) is 13.6. The van der Waals surface area contributed by atoms with Crippen LogP contribution in [0.15, 0.2) is 43.0 Å². The lowest BCUT2D eigenvalue weighted by molar-refractivity contribution is -0.132. The van der Waals surface area contributed by atoms with E-state index in [1.807, 2.05) is 17.4 Å². The Labute approximate surface area is 141 Å². The molecule has 1 aliphatic heterocycles. The second-order valence-electron chi connectivity index (χ2n) is 6.03. The summed E-state index contributed by atoms with van der Waals surface area (Å²) < 4.78 is 20.6. The molecule has 1 fully saturated rings. The molecule has 5 nitrogen and oxygen atoms in total. The van der Waals surface area contributed by atoms with Crippen molar-refractivity contribution in [2.45, 2.75) is 31.7 Å². The minimum Gasteiger partial charge on any atom is -0.493 e. The first-order valence-electron chi connectivity index (χ1n) is 8.36. The van der Waals surface area contributed by atoms with Crippen molar-refractivity contribution in [1.29, 1.82) is 0 Å². The third-order valence-corrected chi connectivity index (χ3v) is 4.36. The molecule has 128 valence electrons. The van der Waals surface area contributed by atoms with E-state index in [4.69, 9.17) is 4.74 Å². The van der Waals surface area contributed by atoms with E-state index in [0.29, 0.717) is 31.2 Å². The number of nitrogens with zero attached hydrogens (tertiary/aromatic N) is 3. The molecular weight excluding hydrogens is 309 g/mol. The monoisotopic (exact) mass is 331 g/mol. The standard InChI is InChI=1S/C18H22FN3O2/c19-15-3-1-4-17(13-15)24-12-2-5-18(23)21-9-6-16(7-10-21)22-11-8-20-14-22/h1,3-4,8,11,13-14,16H,2,5-7,9-10,12H2. The van der Waals surface area contributed by atoms with Crippen molar-refractivity contribution in [3.8, 4) is 5.75 Å². The first kappa shape index (κ1) is 16.5. The van der Waals surface area contributed by atoms with Crippen LogP contribution < -0.4 is 4.74 Å². The van der Waals surface area contributed by atoms with Gasteiger partial charge in [-0.05, 0) is 31.4 Å². The Kier molecular flexibility index (Phi) is 5.46. The number of amides is 1. The van der Waals surface area contributed by atoms with Gasteiger partial charge in [-0.25, -0.2) is 9.37 Å². The lowest BCUT2D eigenvalue weighted by Crippen LogP contribution is -2.38. The molecule has 1 aromatic carbocycles. The third-order valence-electron chi connectivity index (χ3n) is 4.36. The van der Waals surface area contributed by atoms with Gasteiger partial charge in [0, 0.05) is 44.0 Å². The first-order valence-corrected chi connectivity index (χ1v) is 8.36. The Morgan fingerprint density at radius 1 is 1.33 bits per heavy atom. The quantitative estimate of drug-likeness (QED) is 0.765. The molecule has 0 atom stereocenters. The van der Waals surface area contributed by atoms with Gasteiger partial charge >= 0.3 is 0 Å². The van der Waals surface area contributed by atoms with E-state index in [9.17, 15) is 9.18 Å². The van der Waals surface area contributed by atoms with Crippen LogP contribution in [0.5, 0.6) is 5.75 Å². The molecule has 1 amide bonds. The van der Waals surface area contributed by atoms with Crippen LogP contribution in [0.3, 0.4) is 0 Å². The summed E-state index contributed by atoms with van der Waals surface area (Å²) in [7, 11) is 0. The molecule has 0 N–H and O–H groups in total. The van der Waals surface area contributed by atoms with Gasteiger partial charge in [-0.2, -0.15) is 0 Å². The maximum absolute atomic E-state index is 13.0. The number of halogens is 1. The molecule has 0 radical (unpaired) electrons. The number of carbonyl (C=O) groups is 1. The van der Waals surface area contributed by atoms with Crippen LogP contribution in [0.2, 0.25) is 0 Å². The summed E-state index contributed by atoms with van der Waals surface area (Å²) in [5.74, 6) is 0.356. The number of likely N-dealkylation sites (tertiary alicyclic amines) is 1. The largest absolute Gasteiger partial charge is 0.493 e. The summed E-state index contributed by atoms with van der Waals surface area (Å²) in [4.78, 5) is 18.3. The second-order valence-corrected chi connectivity index (χ2v) is 6.03. The Bertz CT molecular complexity index is 652. The highest BCUT2D eigenvalue weighted by molar-refractivity contribution is 5.76. The molecule has 1 saturated heterocycles. The number of piperidine rings is 1. The fourth-order valence-electron chi connectivity index (χ4n) is 3.03. The zero-order chi connectivity index (χ0) is 16.8. The lowest BCUT2D eigenvalue weighted by Gasteiger charge is -2.32.